The fourth-order valence-corrected chi connectivity index (χ4v) is 1.32. The van der Waals surface area contributed by atoms with Crippen molar-refractivity contribution in [3.8, 4) is 17.2 Å². The van der Waals surface area contributed by atoms with Crippen LogP contribution in [0.3, 0.4) is 0 Å². The Morgan fingerprint density at radius 3 is 1.85 bits per heavy atom. The summed E-state index contributed by atoms with van der Waals surface area (Å²) in [6, 6.07) is 4.08. The zero-order valence-corrected chi connectivity index (χ0v) is 9.62. The van der Waals surface area contributed by atoms with Gasteiger partial charge in [-0.3, -0.25) is 4.98 Å². The van der Waals surface area contributed by atoms with Crippen LogP contribution in [-0.4, -0.2) is 11.3 Å². The van der Waals surface area contributed by atoms with E-state index in [1.54, 1.807) is 0 Å². The molecule has 0 radical (unpaired) electrons. The molecule has 1 aromatic carbocycles. The molecule has 1 aromatic heterocycles. The first-order chi connectivity index (χ1) is 9.35. The summed E-state index contributed by atoms with van der Waals surface area (Å²) in [6.45, 7) is 0. The first-order valence-electron chi connectivity index (χ1n) is 5.18. The van der Waals surface area contributed by atoms with Gasteiger partial charge in [-0.05, 0) is 24.3 Å². The summed E-state index contributed by atoms with van der Waals surface area (Å²) >= 11 is 0. The number of hydrogen-bond acceptors (Lipinski definition) is 3. The molecule has 1 heterocycles. The zero-order valence-electron chi connectivity index (χ0n) is 9.62. The number of aromatic nitrogens is 1. The van der Waals surface area contributed by atoms with Crippen molar-refractivity contribution in [2.45, 2.75) is 6.36 Å². The summed E-state index contributed by atoms with van der Waals surface area (Å²) in [5.41, 5.74) is 0. The van der Waals surface area contributed by atoms with E-state index in [0.717, 1.165) is 36.7 Å². The summed E-state index contributed by atoms with van der Waals surface area (Å²) in [6.07, 6.45) is -3.31. The molecule has 2 aromatic rings. The van der Waals surface area contributed by atoms with Gasteiger partial charge in [-0.15, -0.1) is 13.2 Å². The molecule has 20 heavy (non-hydrogen) atoms. The second-order valence-electron chi connectivity index (χ2n) is 3.55. The molecule has 0 fully saturated rings. The number of ether oxygens (including phenoxy) is 2. The van der Waals surface area contributed by atoms with Crippen LogP contribution in [0.15, 0.2) is 36.7 Å². The van der Waals surface area contributed by atoms with Gasteiger partial charge in [-0.25, -0.2) is 8.78 Å². The average Bonchev–Trinajstić information content (AvgIpc) is 2.34. The van der Waals surface area contributed by atoms with Gasteiger partial charge < -0.3 is 9.47 Å². The number of nitrogens with zero attached hydrogens (tertiary/aromatic N) is 1. The average molecular weight is 291 g/mol. The van der Waals surface area contributed by atoms with E-state index in [1.807, 2.05) is 0 Å². The topological polar surface area (TPSA) is 31.4 Å². The van der Waals surface area contributed by atoms with Gasteiger partial charge in [0.1, 0.15) is 11.5 Å². The lowest BCUT2D eigenvalue weighted by Crippen LogP contribution is -2.16. The van der Waals surface area contributed by atoms with E-state index < -0.39 is 29.5 Å². The van der Waals surface area contributed by atoms with Crippen molar-refractivity contribution >= 4 is 0 Å². The third-order valence-corrected chi connectivity index (χ3v) is 2.09. The number of rotatable bonds is 3. The van der Waals surface area contributed by atoms with Crippen LogP contribution in [0.1, 0.15) is 0 Å². The molecule has 0 aliphatic rings. The molecule has 0 saturated heterocycles. The molecule has 0 aliphatic heterocycles. The van der Waals surface area contributed by atoms with Crippen LogP contribution in [0.5, 0.6) is 17.2 Å². The van der Waals surface area contributed by atoms with Crippen molar-refractivity contribution in [1.82, 2.24) is 4.98 Å². The Balaban J connectivity index is 2.15. The number of pyridine rings is 1. The Labute approximate surface area is 109 Å². The van der Waals surface area contributed by atoms with E-state index in [9.17, 15) is 22.0 Å². The largest absolute Gasteiger partial charge is 0.573 e. The maximum atomic E-state index is 13.2. The standard InChI is InChI=1S/C12H6F5NO2/c13-9-5-18-6-10(14)11(9)19-7-1-3-8(4-2-7)20-12(15,16)17/h1-6H. The van der Waals surface area contributed by atoms with Gasteiger partial charge in [-0.1, -0.05) is 0 Å². The van der Waals surface area contributed by atoms with E-state index in [1.165, 1.54) is 0 Å². The van der Waals surface area contributed by atoms with Crippen molar-refractivity contribution in [2.75, 3.05) is 0 Å². The van der Waals surface area contributed by atoms with Gasteiger partial charge in [0.25, 0.3) is 0 Å². The molecule has 0 N–H and O–H groups in total. The lowest BCUT2D eigenvalue weighted by atomic mass is 10.3. The molecule has 0 atom stereocenters. The van der Waals surface area contributed by atoms with Gasteiger partial charge in [0.15, 0.2) is 11.6 Å². The van der Waals surface area contributed by atoms with Crippen LogP contribution in [0.2, 0.25) is 0 Å². The van der Waals surface area contributed by atoms with Gasteiger partial charge in [0.05, 0.1) is 12.4 Å². The maximum absolute atomic E-state index is 13.2. The quantitative estimate of drug-likeness (QED) is 0.799. The molecule has 106 valence electrons. The maximum Gasteiger partial charge on any atom is 0.573 e. The van der Waals surface area contributed by atoms with Crippen LogP contribution in [0.25, 0.3) is 0 Å². The highest BCUT2D eigenvalue weighted by molar-refractivity contribution is 5.35. The fourth-order valence-electron chi connectivity index (χ4n) is 1.32. The summed E-state index contributed by atoms with van der Waals surface area (Å²) in [5, 5.41) is 0. The lowest BCUT2D eigenvalue weighted by molar-refractivity contribution is -0.274. The van der Waals surface area contributed by atoms with E-state index in [-0.39, 0.29) is 5.75 Å². The van der Waals surface area contributed by atoms with Crippen LogP contribution >= 0.6 is 0 Å². The van der Waals surface area contributed by atoms with Gasteiger partial charge in [0, 0.05) is 0 Å². The predicted molar refractivity (Wildman–Crippen MR) is 57.4 cm³/mol. The molecule has 0 aliphatic carbocycles. The first kappa shape index (κ1) is 14.0. The molecule has 3 nitrogen and oxygen atoms in total. The highest BCUT2D eigenvalue weighted by Gasteiger charge is 2.31. The Bertz CT molecular complexity index is 578. The Hall–Kier alpha value is -2.38. The third-order valence-electron chi connectivity index (χ3n) is 2.09. The molecule has 0 spiro atoms. The number of benzene rings is 1. The molecule has 0 unspecified atom stereocenters. The van der Waals surface area contributed by atoms with Crippen LogP contribution in [-0.2, 0) is 0 Å². The minimum Gasteiger partial charge on any atom is -0.451 e. The van der Waals surface area contributed by atoms with E-state index in [4.69, 9.17) is 4.74 Å². The predicted octanol–water partition coefficient (Wildman–Crippen LogP) is 4.05. The molecular weight excluding hydrogens is 285 g/mol. The Kier molecular flexibility index (Phi) is 3.73. The van der Waals surface area contributed by atoms with Crippen molar-refractivity contribution in [3.05, 3.63) is 48.3 Å². The van der Waals surface area contributed by atoms with Crippen LogP contribution < -0.4 is 9.47 Å². The summed E-state index contributed by atoms with van der Waals surface area (Å²) in [5.74, 6) is -3.27. The van der Waals surface area contributed by atoms with Crippen molar-refractivity contribution in [1.29, 1.82) is 0 Å². The number of hydrogen-bond donors (Lipinski definition) is 0. The summed E-state index contributed by atoms with van der Waals surface area (Å²) < 4.78 is 70.8. The number of halogens is 5. The van der Waals surface area contributed by atoms with E-state index >= 15 is 0 Å². The molecule has 0 amide bonds. The lowest BCUT2D eigenvalue weighted by Gasteiger charge is -2.10. The van der Waals surface area contributed by atoms with Gasteiger partial charge >= 0.3 is 6.36 Å². The monoisotopic (exact) mass is 291 g/mol. The molecule has 8 heteroatoms. The molecular formula is C12H6F5NO2. The second-order valence-corrected chi connectivity index (χ2v) is 3.55. The second kappa shape index (κ2) is 5.32. The smallest absolute Gasteiger partial charge is 0.451 e. The Morgan fingerprint density at radius 2 is 1.35 bits per heavy atom. The minimum atomic E-state index is -4.81. The van der Waals surface area contributed by atoms with E-state index in [0.29, 0.717) is 0 Å². The highest BCUT2D eigenvalue weighted by atomic mass is 19.4. The zero-order chi connectivity index (χ0) is 14.8. The first-order valence-corrected chi connectivity index (χ1v) is 5.18. The normalized spacial score (nSPS) is 11.2. The molecule has 0 bridgehead atoms. The summed E-state index contributed by atoms with van der Waals surface area (Å²) in [7, 11) is 0. The van der Waals surface area contributed by atoms with Gasteiger partial charge in [0.2, 0.25) is 5.75 Å². The van der Waals surface area contributed by atoms with Crippen LogP contribution in [0.4, 0.5) is 22.0 Å². The Morgan fingerprint density at radius 1 is 0.850 bits per heavy atom. The van der Waals surface area contributed by atoms with Crippen molar-refractivity contribution in [3.63, 3.8) is 0 Å². The highest BCUT2D eigenvalue weighted by Crippen LogP contribution is 2.29. The SMILES string of the molecule is Fc1cncc(F)c1Oc1ccc(OC(F)(F)F)cc1. The molecule has 2 rings (SSSR count). The molecule has 0 saturated carbocycles. The number of alkyl halides is 3. The minimum absolute atomic E-state index is 0.0523. The summed E-state index contributed by atoms with van der Waals surface area (Å²) in [4.78, 5) is 3.27. The fraction of sp³-hybridized carbons (Fsp3) is 0.0833. The van der Waals surface area contributed by atoms with Gasteiger partial charge in [-0.2, -0.15) is 0 Å². The van der Waals surface area contributed by atoms with Crippen LogP contribution in [0, 0.1) is 11.6 Å². The van der Waals surface area contributed by atoms with Crippen molar-refractivity contribution in [2.24, 2.45) is 0 Å². The van der Waals surface area contributed by atoms with E-state index in [2.05, 4.69) is 9.72 Å². The van der Waals surface area contributed by atoms with Crippen molar-refractivity contribution < 1.29 is 31.4 Å². The third kappa shape index (κ3) is 3.56.